The maximum absolute atomic E-state index is 13.3. The lowest BCUT2D eigenvalue weighted by molar-refractivity contribution is 0.340. The largest absolute Gasteiger partial charge is 0.494 e. The molecular weight excluding hydrogens is 434 g/mol. The molecule has 164 valence electrons. The number of aromatic nitrogens is 3. The zero-order valence-electron chi connectivity index (χ0n) is 18.2. The average Bonchev–Trinajstić information content (AvgIpc) is 3.35. The van der Waals surface area contributed by atoms with E-state index in [-0.39, 0.29) is 5.56 Å². The predicted octanol–water partition coefficient (Wildman–Crippen LogP) is 5.83. The van der Waals surface area contributed by atoms with E-state index >= 15 is 0 Å². The van der Waals surface area contributed by atoms with Crippen LogP contribution in [0.5, 0.6) is 5.75 Å². The van der Waals surface area contributed by atoms with Gasteiger partial charge in [-0.1, -0.05) is 23.4 Å². The van der Waals surface area contributed by atoms with Crippen molar-refractivity contribution in [1.82, 2.24) is 14.7 Å². The van der Waals surface area contributed by atoms with Crippen LogP contribution in [0.3, 0.4) is 0 Å². The predicted molar refractivity (Wildman–Crippen MR) is 131 cm³/mol. The van der Waals surface area contributed by atoms with Crippen molar-refractivity contribution < 1.29 is 9.26 Å². The van der Waals surface area contributed by atoms with Gasteiger partial charge in [0.25, 0.3) is 11.4 Å². The monoisotopic (exact) mass is 455 g/mol. The Labute approximate surface area is 194 Å². The van der Waals surface area contributed by atoms with E-state index in [1.54, 1.807) is 22.5 Å². The molecule has 0 aliphatic heterocycles. The van der Waals surface area contributed by atoms with Crippen molar-refractivity contribution in [3.63, 3.8) is 0 Å². The van der Waals surface area contributed by atoms with Gasteiger partial charge in [0, 0.05) is 33.1 Å². The van der Waals surface area contributed by atoms with Crippen molar-refractivity contribution >= 4 is 22.5 Å². The second-order valence-electron chi connectivity index (χ2n) is 7.34. The van der Waals surface area contributed by atoms with E-state index in [0.717, 1.165) is 27.3 Å². The number of benzene rings is 3. The van der Waals surface area contributed by atoms with Crippen LogP contribution in [0, 0.1) is 0 Å². The SMILES string of the molecule is CCOc1ccc(-n2cc(-c3nc(-c4ccc(SC)cc4)no3)c3ccccc3c2=O)cc1. The van der Waals surface area contributed by atoms with E-state index in [2.05, 4.69) is 10.1 Å². The van der Waals surface area contributed by atoms with Crippen LogP contribution < -0.4 is 10.3 Å². The summed E-state index contributed by atoms with van der Waals surface area (Å²) in [5.74, 6) is 1.61. The fourth-order valence-electron chi connectivity index (χ4n) is 3.71. The second kappa shape index (κ2) is 8.96. The molecule has 0 aliphatic carbocycles. The molecular formula is C26H21N3O3S. The van der Waals surface area contributed by atoms with Crippen LogP contribution >= 0.6 is 11.8 Å². The first kappa shape index (κ1) is 21.0. The fraction of sp³-hybridized carbons (Fsp3) is 0.115. The summed E-state index contributed by atoms with van der Waals surface area (Å²) in [5, 5.41) is 5.52. The van der Waals surface area contributed by atoms with Gasteiger partial charge in [-0.15, -0.1) is 11.8 Å². The van der Waals surface area contributed by atoms with Gasteiger partial charge >= 0.3 is 0 Å². The number of thioether (sulfide) groups is 1. The van der Waals surface area contributed by atoms with E-state index in [9.17, 15) is 4.79 Å². The molecule has 0 atom stereocenters. The van der Waals surface area contributed by atoms with E-state index in [1.807, 2.05) is 86.0 Å². The topological polar surface area (TPSA) is 70.2 Å². The minimum atomic E-state index is -0.120. The maximum atomic E-state index is 13.3. The van der Waals surface area contributed by atoms with E-state index < -0.39 is 0 Å². The summed E-state index contributed by atoms with van der Waals surface area (Å²) in [6, 6.07) is 22.9. The fourth-order valence-corrected chi connectivity index (χ4v) is 4.12. The highest BCUT2D eigenvalue weighted by Gasteiger charge is 2.17. The number of pyridine rings is 1. The lowest BCUT2D eigenvalue weighted by atomic mass is 10.1. The molecule has 0 N–H and O–H groups in total. The molecule has 5 rings (SSSR count). The summed E-state index contributed by atoms with van der Waals surface area (Å²) in [5.41, 5.74) is 2.17. The highest BCUT2D eigenvalue weighted by molar-refractivity contribution is 7.98. The van der Waals surface area contributed by atoms with Crippen LogP contribution in [0.25, 0.3) is 39.3 Å². The number of hydrogen-bond donors (Lipinski definition) is 0. The summed E-state index contributed by atoms with van der Waals surface area (Å²) in [6.07, 6.45) is 3.79. The molecule has 0 saturated heterocycles. The zero-order chi connectivity index (χ0) is 22.8. The maximum Gasteiger partial charge on any atom is 0.262 e. The molecule has 6 nitrogen and oxygen atoms in total. The highest BCUT2D eigenvalue weighted by Crippen LogP contribution is 2.29. The van der Waals surface area contributed by atoms with Crippen LogP contribution in [0.2, 0.25) is 0 Å². The lowest BCUT2D eigenvalue weighted by Gasteiger charge is -2.11. The molecule has 3 aromatic carbocycles. The van der Waals surface area contributed by atoms with Crippen LogP contribution in [-0.2, 0) is 0 Å². The molecule has 0 aliphatic rings. The molecule has 0 spiro atoms. The Morgan fingerprint density at radius 1 is 0.970 bits per heavy atom. The van der Waals surface area contributed by atoms with Crippen molar-refractivity contribution in [2.24, 2.45) is 0 Å². The quantitative estimate of drug-likeness (QED) is 0.300. The number of rotatable bonds is 6. The van der Waals surface area contributed by atoms with Crippen molar-refractivity contribution in [3.05, 3.63) is 89.3 Å². The summed E-state index contributed by atoms with van der Waals surface area (Å²) in [7, 11) is 0. The van der Waals surface area contributed by atoms with Gasteiger partial charge in [-0.25, -0.2) is 0 Å². The van der Waals surface area contributed by atoms with Gasteiger partial charge in [0.1, 0.15) is 5.75 Å². The Hall–Kier alpha value is -3.84. The Balaban J connectivity index is 1.63. The van der Waals surface area contributed by atoms with E-state index in [4.69, 9.17) is 9.26 Å². The van der Waals surface area contributed by atoms with Gasteiger partial charge in [-0.3, -0.25) is 9.36 Å². The second-order valence-corrected chi connectivity index (χ2v) is 8.22. The normalized spacial score (nSPS) is 11.1. The first-order chi connectivity index (χ1) is 16.2. The van der Waals surface area contributed by atoms with Crippen LogP contribution in [-0.4, -0.2) is 27.6 Å². The Kier molecular flexibility index (Phi) is 5.71. The summed E-state index contributed by atoms with van der Waals surface area (Å²) >= 11 is 1.68. The third kappa shape index (κ3) is 4.03. The number of ether oxygens (including phenoxy) is 1. The minimum absolute atomic E-state index is 0.120. The highest BCUT2D eigenvalue weighted by atomic mass is 32.2. The molecule has 0 radical (unpaired) electrons. The summed E-state index contributed by atoms with van der Waals surface area (Å²) in [4.78, 5) is 19.1. The van der Waals surface area contributed by atoms with E-state index in [1.165, 1.54) is 0 Å². The Morgan fingerprint density at radius 3 is 2.39 bits per heavy atom. The lowest BCUT2D eigenvalue weighted by Crippen LogP contribution is -2.18. The van der Waals surface area contributed by atoms with Gasteiger partial charge in [0.15, 0.2) is 0 Å². The molecule has 33 heavy (non-hydrogen) atoms. The van der Waals surface area contributed by atoms with Gasteiger partial charge < -0.3 is 9.26 Å². The summed E-state index contributed by atoms with van der Waals surface area (Å²) < 4.78 is 12.8. The molecule has 0 fully saturated rings. The molecule has 0 amide bonds. The molecule has 2 heterocycles. The number of hydrogen-bond acceptors (Lipinski definition) is 6. The van der Waals surface area contributed by atoms with Gasteiger partial charge in [-0.2, -0.15) is 4.98 Å². The molecule has 0 saturated carbocycles. The van der Waals surface area contributed by atoms with E-state index in [0.29, 0.717) is 29.3 Å². The Bertz CT molecular complexity index is 1470. The van der Waals surface area contributed by atoms with Gasteiger partial charge in [0.05, 0.1) is 12.2 Å². The molecule has 7 heteroatoms. The molecule has 0 bridgehead atoms. The van der Waals surface area contributed by atoms with Crippen molar-refractivity contribution in [1.29, 1.82) is 0 Å². The molecule has 2 aromatic heterocycles. The summed E-state index contributed by atoms with van der Waals surface area (Å²) in [6.45, 7) is 2.52. The number of nitrogens with zero attached hydrogens (tertiary/aromatic N) is 3. The smallest absolute Gasteiger partial charge is 0.262 e. The third-order valence-electron chi connectivity index (χ3n) is 5.36. The number of fused-ring (bicyclic) bond motifs is 1. The molecule has 0 unspecified atom stereocenters. The third-order valence-corrected chi connectivity index (χ3v) is 6.10. The standard InChI is InChI=1S/C26H21N3O3S/c1-3-31-19-12-10-18(11-13-19)29-16-23(21-6-4-5-7-22(21)26(29)30)25-27-24(28-32-25)17-8-14-20(33-2)15-9-17/h4-16H,3H2,1-2H3. The van der Waals surface area contributed by atoms with Crippen molar-refractivity contribution in [3.8, 4) is 34.3 Å². The van der Waals surface area contributed by atoms with Crippen molar-refractivity contribution in [2.75, 3.05) is 12.9 Å². The molecule has 5 aromatic rings. The van der Waals surface area contributed by atoms with Gasteiger partial charge in [-0.05, 0) is 67.8 Å². The van der Waals surface area contributed by atoms with Crippen molar-refractivity contribution in [2.45, 2.75) is 11.8 Å². The first-order valence-corrected chi connectivity index (χ1v) is 11.8. The first-order valence-electron chi connectivity index (χ1n) is 10.5. The Morgan fingerprint density at radius 2 is 1.70 bits per heavy atom. The average molecular weight is 456 g/mol. The van der Waals surface area contributed by atoms with Crippen LogP contribution in [0.15, 0.2) is 93.2 Å². The van der Waals surface area contributed by atoms with Crippen LogP contribution in [0.4, 0.5) is 0 Å². The zero-order valence-corrected chi connectivity index (χ0v) is 19.0. The minimum Gasteiger partial charge on any atom is -0.494 e. The van der Waals surface area contributed by atoms with Gasteiger partial charge in [0.2, 0.25) is 5.82 Å². The van der Waals surface area contributed by atoms with Crippen LogP contribution in [0.1, 0.15) is 6.92 Å².